The summed E-state index contributed by atoms with van der Waals surface area (Å²) in [4.78, 5) is 10.1. The van der Waals surface area contributed by atoms with Gasteiger partial charge in [-0.25, -0.2) is 0 Å². The van der Waals surface area contributed by atoms with Crippen LogP contribution in [0.5, 0.6) is 0 Å². The Bertz CT molecular complexity index is 662. The van der Waals surface area contributed by atoms with Crippen molar-refractivity contribution in [3.63, 3.8) is 0 Å². The topological polar surface area (TPSA) is 136 Å². The second-order valence-electron chi connectivity index (χ2n) is 3.86. The van der Waals surface area contributed by atoms with Gasteiger partial charge >= 0.3 is 0 Å². The van der Waals surface area contributed by atoms with Gasteiger partial charge in [-0.05, 0) is 11.6 Å². The van der Waals surface area contributed by atoms with E-state index in [1.165, 1.54) is 6.07 Å². The Balaban J connectivity index is 0.000000540. The maximum atomic E-state index is 10.5. The first-order chi connectivity index (χ1) is 10.3. The fourth-order valence-corrected chi connectivity index (χ4v) is 1.35. The smallest absolute Gasteiger partial charge is 0.269 e. The van der Waals surface area contributed by atoms with E-state index < -0.39 is 15.0 Å². The van der Waals surface area contributed by atoms with E-state index in [0.717, 1.165) is 12.7 Å². The van der Waals surface area contributed by atoms with E-state index in [1.54, 1.807) is 23.0 Å². The van der Waals surface area contributed by atoms with Crippen LogP contribution in [0.25, 0.3) is 0 Å². The highest BCUT2D eigenvalue weighted by atomic mass is 32.2. The predicted molar refractivity (Wildman–Crippen MR) is 80.0 cm³/mol. The van der Waals surface area contributed by atoms with Crippen molar-refractivity contribution in [2.24, 2.45) is 0 Å². The zero-order chi connectivity index (χ0) is 17.2. The van der Waals surface area contributed by atoms with Crippen molar-refractivity contribution in [1.82, 2.24) is 9.78 Å². The molecule has 0 radical (unpaired) electrons. The molecule has 9 nitrogen and oxygen atoms in total. The number of aromatic nitrogens is 2. The Labute approximate surface area is 127 Å². The molecule has 1 aromatic carbocycles. The molecule has 1 aromatic heterocycles. The van der Waals surface area contributed by atoms with Gasteiger partial charge in [-0.2, -0.15) is 13.5 Å². The minimum absolute atomic E-state index is 0.111. The molecule has 0 aliphatic rings. The number of nitro groups is 1. The molecular weight excluding hydrogens is 314 g/mol. The van der Waals surface area contributed by atoms with Gasteiger partial charge in [0.25, 0.3) is 15.8 Å². The minimum atomic E-state index is -3.67. The van der Waals surface area contributed by atoms with Crippen LogP contribution in [-0.2, 0) is 16.7 Å². The number of rotatable bonds is 3. The molecule has 10 heteroatoms. The number of hydrogen-bond donors (Lipinski definition) is 2. The number of nitrogens with zero attached hydrogens (tertiary/aromatic N) is 3. The Morgan fingerprint density at radius 2 is 1.91 bits per heavy atom. The third-order valence-electron chi connectivity index (χ3n) is 2.03. The summed E-state index contributed by atoms with van der Waals surface area (Å²) in [5.74, 6) is 0. The van der Waals surface area contributed by atoms with Crippen molar-refractivity contribution < 1.29 is 23.0 Å². The summed E-state index contributed by atoms with van der Waals surface area (Å²) >= 11 is 0. The lowest BCUT2D eigenvalue weighted by molar-refractivity contribution is -0.384. The molecule has 0 unspecified atom stereocenters. The van der Waals surface area contributed by atoms with Crippen molar-refractivity contribution in [1.29, 1.82) is 0 Å². The van der Waals surface area contributed by atoms with E-state index in [9.17, 15) is 18.5 Å². The molecular formula is C12H17N3O6S. The van der Waals surface area contributed by atoms with Gasteiger partial charge in [-0.1, -0.05) is 12.1 Å². The van der Waals surface area contributed by atoms with Crippen LogP contribution in [0.15, 0.2) is 42.7 Å². The standard InChI is InChI=1S/C10H9N3O2.CH4O3S.CH4O/c14-13(15)10-4-1-3-9(7-10)8-12-6-2-5-11-12;1-5(2,3)4;1-2/h1-7H,8H2;1H3,(H,2,3,4);2H,1H3. The monoisotopic (exact) mass is 331 g/mol. The zero-order valence-corrected chi connectivity index (χ0v) is 12.8. The SMILES string of the molecule is CO.CS(=O)(=O)O.O=[N+]([O-])c1cccc(Cn2cccn2)c1. The summed E-state index contributed by atoms with van der Waals surface area (Å²) in [7, 11) is -2.67. The minimum Gasteiger partial charge on any atom is -0.400 e. The number of benzene rings is 1. The molecule has 0 bridgehead atoms. The number of hydrogen-bond acceptors (Lipinski definition) is 6. The fraction of sp³-hybridized carbons (Fsp3) is 0.250. The fourth-order valence-electron chi connectivity index (χ4n) is 1.35. The average molecular weight is 331 g/mol. The van der Waals surface area contributed by atoms with E-state index in [1.807, 2.05) is 18.3 Å². The Morgan fingerprint density at radius 1 is 1.32 bits per heavy atom. The highest BCUT2D eigenvalue weighted by molar-refractivity contribution is 7.85. The molecule has 2 N–H and O–H groups in total. The molecule has 0 saturated heterocycles. The van der Waals surface area contributed by atoms with Crippen LogP contribution in [0.4, 0.5) is 5.69 Å². The van der Waals surface area contributed by atoms with E-state index in [0.29, 0.717) is 12.8 Å². The van der Waals surface area contributed by atoms with E-state index >= 15 is 0 Å². The zero-order valence-electron chi connectivity index (χ0n) is 12.0. The summed E-state index contributed by atoms with van der Waals surface area (Å²) in [5, 5.41) is 21.6. The lowest BCUT2D eigenvalue weighted by Gasteiger charge is -2.01. The molecule has 122 valence electrons. The predicted octanol–water partition coefficient (Wildman–Crippen LogP) is 0.952. The third kappa shape index (κ3) is 9.58. The van der Waals surface area contributed by atoms with Gasteiger partial charge in [-0.15, -0.1) is 0 Å². The van der Waals surface area contributed by atoms with E-state index in [4.69, 9.17) is 9.66 Å². The molecule has 1 heterocycles. The van der Waals surface area contributed by atoms with Gasteiger partial charge in [0.05, 0.1) is 17.7 Å². The van der Waals surface area contributed by atoms with Gasteiger partial charge in [-0.3, -0.25) is 19.3 Å². The normalized spacial score (nSPS) is 9.82. The maximum Gasteiger partial charge on any atom is 0.269 e. The highest BCUT2D eigenvalue weighted by Crippen LogP contribution is 2.13. The van der Waals surface area contributed by atoms with Crippen LogP contribution in [0, 0.1) is 10.1 Å². The summed E-state index contributed by atoms with van der Waals surface area (Å²) in [6.45, 7) is 0.550. The second-order valence-corrected chi connectivity index (χ2v) is 5.33. The largest absolute Gasteiger partial charge is 0.400 e. The van der Waals surface area contributed by atoms with Crippen molar-refractivity contribution in [2.45, 2.75) is 6.54 Å². The van der Waals surface area contributed by atoms with Crippen molar-refractivity contribution in [3.8, 4) is 0 Å². The highest BCUT2D eigenvalue weighted by Gasteiger charge is 2.05. The van der Waals surface area contributed by atoms with E-state index in [2.05, 4.69) is 5.10 Å². The molecule has 22 heavy (non-hydrogen) atoms. The second kappa shape index (κ2) is 9.60. The summed E-state index contributed by atoms with van der Waals surface area (Å²) in [6, 6.07) is 8.37. The van der Waals surface area contributed by atoms with E-state index in [-0.39, 0.29) is 5.69 Å². The number of nitro benzene ring substituents is 1. The van der Waals surface area contributed by atoms with Crippen LogP contribution in [-0.4, -0.2) is 46.1 Å². The Morgan fingerprint density at radius 3 is 2.36 bits per heavy atom. The van der Waals surface area contributed by atoms with Gasteiger partial charge in [0.15, 0.2) is 0 Å². The Kier molecular flexibility index (Phi) is 8.60. The molecule has 2 aromatic rings. The molecule has 0 spiro atoms. The molecule has 0 saturated carbocycles. The van der Waals surface area contributed by atoms with Crippen LogP contribution in [0.2, 0.25) is 0 Å². The molecule has 0 atom stereocenters. The number of aliphatic hydroxyl groups excluding tert-OH is 1. The van der Waals surface area contributed by atoms with Crippen LogP contribution in [0.1, 0.15) is 5.56 Å². The van der Waals surface area contributed by atoms with Gasteiger partial charge in [0.2, 0.25) is 0 Å². The number of aliphatic hydroxyl groups is 1. The lowest BCUT2D eigenvalue weighted by Crippen LogP contribution is -2.00. The van der Waals surface area contributed by atoms with Crippen LogP contribution >= 0.6 is 0 Å². The molecule has 0 aliphatic heterocycles. The summed E-state index contributed by atoms with van der Waals surface area (Å²) < 4.78 is 27.6. The van der Waals surface area contributed by atoms with Gasteiger partial charge in [0, 0.05) is 31.6 Å². The molecule has 0 aliphatic carbocycles. The van der Waals surface area contributed by atoms with Crippen molar-refractivity contribution in [3.05, 3.63) is 58.4 Å². The molecule has 0 fully saturated rings. The van der Waals surface area contributed by atoms with Gasteiger partial charge < -0.3 is 5.11 Å². The molecule has 2 rings (SSSR count). The average Bonchev–Trinajstić information content (AvgIpc) is 2.92. The third-order valence-corrected chi connectivity index (χ3v) is 2.03. The first-order valence-corrected chi connectivity index (χ1v) is 7.68. The Hall–Kier alpha value is -2.30. The van der Waals surface area contributed by atoms with Crippen LogP contribution < -0.4 is 0 Å². The maximum absolute atomic E-state index is 10.5. The van der Waals surface area contributed by atoms with Crippen LogP contribution in [0.3, 0.4) is 0 Å². The first-order valence-electron chi connectivity index (χ1n) is 5.83. The summed E-state index contributed by atoms with van der Waals surface area (Å²) in [6.07, 6.45) is 4.21. The van der Waals surface area contributed by atoms with Crippen molar-refractivity contribution in [2.75, 3.05) is 13.4 Å². The summed E-state index contributed by atoms with van der Waals surface area (Å²) in [5.41, 5.74) is 0.979. The van der Waals surface area contributed by atoms with Gasteiger partial charge in [0.1, 0.15) is 0 Å². The van der Waals surface area contributed by atoms with Crippen molar-refractivity contribution >= 4 is 15.8 Å². The quantitative estimate of drug-likeness (QED) is 0.485. The number of non-ortho nitro benzene ring substituents is 1. The lowest BCUT2D eigenvalue weighted by atomic mass is 10.2. The first kappa shape index (κ1) is 19.7. The molecule has 0 amide bonds.